The number of ether oxygens (including phenoxy) is 1. The zero-order valence-corrected chi connectivity index (χ0v) is 17.9. The Bertz CT molecular complexity index is 955. The number of nitrogens with one attached hydrogen (secondary N) is 2. The van der Waals surface area contributed by atoms with Gasteiger partial charge in [-0.3, -0.25) is 4.79 Å². The van der Waals surface area contributed by atoms with Gasteiger partial charge in [-0.2, -0.15) is 0 Å². The maximum Gasteiger partial charge on any atom is 0.240 e. The normalized spacial score (nSPS) is 14.7. The molecule has 0 unspecified atom stereocenters. The minimum absolute atomic E-state index is 0.141. The van der Waals surface area contributed by atoms with E-state index in [0.29, 0.717) is 22.9 Å². The smallest absolute Gasteiger partial charge is 0.240 e. The molecule has 0 saturated heterocycles. The predicted octanol–water partition coefficient (Wildman–Crippen LogP) is 4.14. The highest BCUT2D eigenvalue weighted by molar-refractivity contribution is 7.89. The van der Waals surface area contributed by atoms with Crippen LogP contribution in [0.2, 0.25) is 5.02 Å². The number of anilines is 1. The lowest BCUT2D eigenvalue weighted by molar-refractivity contribution is -0.116. The number of carbonyl (C=O) groups excluding carboxylic acids is 1. The van der Waals surface area contributed by atoms with Crippen LogP contribution in [0.3, 0.4) is 0 Å². The van der Waals surface area contributed by atoms with Crippen LogP contribution in [0.15, 0.2) is 47.4 Å². The molecule has 1 amide bonds. The van der Waals surface area contributed by atoms with Crippen LogP contribution < -0.4 is 14.8 Å². The molecule has 0 atom stereocenters. The summed E-state index contributed by atoms with van der Waals surface area (Å²) in [6, 6.07) is 11.8. The van der Waals surface area contributed by atoms with Crippen molar-refractivity contribution < 1.29 is 17.9 Å². The zero-order chi connectivity index (χ0) is 20.9. The van der Waals surface area contributed by atoms with Crippen LogP contribution in [0, 0.1) is 0 Å². The SMILES string of the molecule is CNS(=O)(=O)c1ccc(CCC(=O)Nc2ccc(OC3CCCC3)c(Cl)c2)cc1. The van der Waals surface area contributed by atoms with E-state index in [1.54, 1.807) is 30.3 Å². The summed E-state index contributed by atoms with van der Waals surface area (Å²) >= 11 is 6.30. The average Bonchev–Trinajstić information content (AvgIpc) is 3.22. The van der Waals surface area contributed by atoms with E-state index >= 15 is 0 Å². The number of rotatable bonds is 8. The van der Waals surface area contributed by atoms with Crippen molar-refractivity contribution in [2.75, 3.05) is 12.4 Å². The number of hydrogen-bond acceptors (Lipinski definition) is 4. The molecule has 0 spiro atoms. The van der Waals surface area contributed by atoms with E-state index in [1.807, 2.05) is 0 Å². The number of sulfonamides is 1. The lowest BCUT2D eigenvalue weighted by Gasteiger charge is -2.15. The fourth-order valence-corrected chi connectivity index (χ4v) is 4.25. The molecule has 0 radical (unpaired) electrons. The van der Waals surface area contributed by atoms with Crippen LogP contribution in [-0.4, -0.2) is 27.5 Å². The molecule has 0 bridgehead atoms. The van der Waals surface area contributed by atoms with E-state index in [-0.39, 0.29) is 23.3 Å². The minimum atomic E-state index is -3.45. The third kappa shape index (κ3) is 5.95. The number of carbonyl (C=O) groups is 1. The minimum Gasteiger partial charge on any atom is -0.489 e. The van der Waals surface area contributed by atoms with Crippen molar-refractivity contribution in [3.8, 4) is 5.75 Å². The summed E-state index contributed by atoms with van der Waals surface area (Å²) in [5, 5.41) is 3.32. The lowest BCUT2D eigenvalue weighted by Crippen LogP contribution is -2.18. The highest BCUT2D eigenvalue weighted by Gasteiger charge is 2.18. The van der Waals surface area contributed by atoms with Crippen LogP contribution in [-0.2, 0) is 21.2 Å². The van der Waals surface area contributed by atoms with Crippen molar-refractivity contribution in [1.29, 1.82) is 0 Å². The van der Waals surface area contributed by atoms with Gasteiger partial charge in [0, 0.05) is 12.1 Å². The van der Waals surface area contributed by atoms with Crippen molar-refractivity contribution in [3.05, 3.63) is 53.1 Å². The summed E-state index contributed by atoms with van der Waals surface area (Å²) in [7, 11) is -2.09. The Labute approximate surface area is 176 Å². The van der Waals surface area contributed by atoms with E-state index < -0.39 is 10.0 Å². The first kappa shape index (κ1) is 21.6. The van der Waals surface area contributed by atoms with Gasteiger partial charge in [-0.25, -0.2) is 13.1 Å². The number of hydrogen-bond donors (Lipinski definition) is 2. The molecule has 2 N–H and O–H groups in total. The van der Waals surface area contributed by atoms with Gasteiger partial charge in [-0.15, -0.1) is 0 Å². The zero-order valence-electron chi connectivity index (χ0n) is 16.3. The van der Waals surface area contributed by atoms with Crippen molar-refractivity contribution in [2.45, 2.75) is 49.5 Å². The number of amides is 1. The Morgan fingerprint density at radius 3 is 2.45 bits per heavy atom. The first-order valence-electron chi connectivity index (χ1n) is 9.66. The second kappa shape index (κ2) is 9.61. The quantitative estimate of drug-likeness (QED) is 0.651. The van der Waals surface area contributed by atoms with Gasteiger partial charge in [0.1, 0.15) is 5.75 Å². The number of aryl methyl sites for hydroxylation is 1. The molecule has 1 aliphatic carbocycles. The van der Waals surface area contributed by atoms with Gasteiger partial charge in [0.2, 0.25) is 15.9 Å². The molecule has 6 nitrogen and oxygen atoms in total. The maximum atomic E-state index is 12.2. The summed E-state index contributed by atoms with van der Waals surface area (Å²) in [6.45, 7) is 0. The highest BCUT2D eigenvalue weighted by atomic mass is 35.5. The van der Waals surface area contributed by atoms with E-state index in [4.69, 9.17) is 16.3 Å². The van der Waals surface area contributed by atoms with Crippen molar-refractivity contribution >= 4 is 33.2 Å². The number of benzene rings is 2. The molecule has 29 heavy (non-hydrogen) atoms. The molecule has 0 heterocycles. The van der Waals surface area contributed by atoms with Crippen LogP contribution >= 0.6 is 11.6 Å². The molecule has 8 heteroatoms. The highest BCUT2D eigenvalue weighted by Crippen LogP contribution is 2.31. The van der Waals surface area contributed by atoms with E-state index in [9.17, 15) is 13.2 Å². The van der Waals surface area contributed by atoms with Crippen LogP contribution in [0.25, 0.3) is 0 Å². The van der Waals surface area contributed by atoms with E-state index in [1.165, 1.54) is 32.0 Å². The third-order valence-electron chi connectivity index (χ3n) is 4.95. The number of halogens is 1. The van der Waals surface area contributed by atoms with Gasteiger partial charge >= 0.3 is 0 Å². The van der Waals surface area contributed by atoms with Gasteiger partial charge in [0.15, 0.2) is 0 Å². The Morgan fingerprint density at radius 1 is 1.14 bits per heavy atom. The molecule has 0 aliphatic heterocycles. The topological polar surface area (TPSA) is 84.5 Å². The monoisotopic (exact) mass is 436 g/mol. The molecule has 2 aromatic rings. The summed E-state index contributed by atoms with van der Waals surface area (Å²) in [5.41, 5.74) is 1.50. The molecule has 0 aromatic heterocycles. The Morgan fingerprint density at radius 2 is 1.83 bits per heavy atom. The standard InChI is InChI=1S/C21H25ClN2O4S/c1-23-29(26,27)18-10-6-15(7-11-18)8-13-21(25)24-16-9-12-20(19(22)14-16)28-17-4-2-3-5-17/h6-7,9-12,14,17,23H,2-5,8,13H2,1H3,(H,24,25). The van der Waals surface area contributed by atoms with Crippen molar-refractivity contribution in [2.24, 2.45) is 0 Å². The van der Waals surface area contributed by atoms with E-state index in [0.717, 1.165) is 18.4 Å². The Hall–Kier alpha value is -2.09. The van der Waals surface area contributed by atoms with Crippen LogP contribution in [0.1, 0.15) is 37.7 Å². The molecule has 1 saturated carbocycles. The fraction of sp³-hybridized carbons (Fsp3) is 0.381. The average molecular weight is 437 g/mol. The summed E-state index contributed by atoms with van der Waals surface area (Å²) in [6.07, 6.45) is 5.48. The largest absolute Gasteiger partial charge is 0.489 e. The Kier molecular flexibility index (Phi) is 7.16. The predicted molar refractivity (Wildman–Crippen MR) is 114 cm³/mol. The molecular formula is C21H25ClN2O4S. The van der Waals surface area contributed by atoms with Gasteiger partial charge in [0.25, 0.3) is 0 Å². The van der Waals surface area contributed by atoms with Gasteiger partial charge in [0.05, 0.1) is 16.0 Å². The molecule has 156 valence electrons. The molecular weight excluding hydrogens is 412 g/mol. The van der Waals surface area contributed by atoms with Gasteiger partial charge in [-0.1, -0.05) is 23.7 Å². The lowest BCUT2D eigenvalue weighted by atomic mass is 10.1. The van der Waals surface area contributed by atoms with Gasteiger partial charge in [-0.05, 0) is 75.0 Å². The molecule has 2 aromatic carbocycles. The van der Waals surface area contributed by atoms with Gasteiger partial charge < -0.3 is 10.1 Å². The van der Waals surface area contributed by atoms with Crippen molar-refractivity contribution in [1.82, 2.24) is 4.72 Å². The third-order valence-corrected chi connectivity index (χ3v) is 6.68. The molecule has 1 fully saturated rings. The second-order valence-electron chi connectivity index (χ2n) is 7.07. The Balaban J connectivity index is 1.52. The molecule has 1 aliphatic rings. The van der Waals surface area contributed by atoms with Crippen molar-refractivity contribution in [3.63, 3.8) is 0 Å². The second-order valence-corrected chi connectivity index (χ2v) is 9.36. The van der Waals surface area contributed by atoms with E-state index in [2.05, 4.69) is 10.0 Å². The first-order chi connectivity index (χ1) is 13.9. The fourth-order valence-electron chi connectivity index (χ4n) is 3.29. The maximum absolute atomic E-state index is 12.2. The first-order valence-corrected chi connectivity index (χ1v) is 11.5. The summed E-state index contributed by atoms with van der Waals surface area (Å²) in [4.78, 5) is 12.4. The van der Waals surface area contributed by atoms with Crippen LogP contribution in [0.5, 0.6) is 5.75 Å². The van der Waals surface area contributed by atoms with Crippen LogP contribution in [0.4, 0.5) is 5.69 Å². The summed E-state index contributed by atoms with van der Waals surface area (Å²) < 4.78 is 31.7. The summed E-state index contributed by atoms with van der Waals surface area (Å²) in [5.74, 6) is 0.505. The molecule has 3 rings (SSSR count).